The third kappa shape index (κ3) is 6.29. The summed E-state index contributed by atoms with van der Waals surface area (Å²) in [5.41, 5.74) is 0.318. The van der Waals surface area contributed by atoms with Crippen molar-refractivity contribution < 1.29 is 27.3 Å². The van der Waals surface area contributed by atoms with Crippen LogP contribution in [0.3, 0.4) is 0 Å². The van der Waals surface area contributed by atoms with Gasteiger partial charge in [0, 0.05) is 12.6 Å². The molecule has 8 nitrogen and oxygen atoms in total. The van der Waals surface area contributed by atoms with Gasteiger partial charge < -0.3 is 18.9 Å². The van der Waals surface area contributed by atoms with Gasteiger partial charge in [-0.2, -0.15) is 0 Å². The molecular weight excluding hydrogens is 443 g/mol. The first-order chi connectivity index (χ1) is 15.0. The predicted molar refractivity (Wildman–Crippen MR) is 129 cm³/mol. The molecule has 0 bridgehead atoms. The molecule has 0 saturated carbocycles. The Labute approximate surface area is 198 Å². The molecule has 10 heteroatoms. The molecule has 2 atom stereocenters. The lowest BCUT2D eigenvalue weighted by Crippen LogP contribution is -2.49. The standard InChI is InChI=1S/C23H37BN2O6S/c1-21(2,3)30-20(27)26-13-12-18(25-33(8,28)29)19(26)15-16-10-9-11-17(14-16)24-31-22(4,5)23(6,7)32-24/h9-11,14,18-19,25H,12-13,15H2,1-8H3/t18-,19-/m0/s1. The van der Waals surface area contributed by atoms with Crippen LogP contribution in [0.2, 0.25) is 0 Å². The van der Waals surface area contributed by atoms with Gasteiger partial charge in [-0.25, -0.2) is 17.9 Å². The SMILES string of the molecule is CC(C)(C)OC(=O)N1CC[C@H](NS(C)(=O)=O)[C@@H]1Cc1cccc(B2OC(C)(C)C(C)(C)O2)c1. The van der Waals surface area contributed by atoms with Crippen LogP contribution in [0, 0.1) is 0 Å². The number of hydrogen-bond donors (Lipinski definition) is 1. The van der Waals surface area contributed by atoms with Gasteiger partial charge in [0.15, 0.2) is 0 Å². The van der Waals surface area contributed by atoms with Crippen molar-refractivity contribution >= 4 is 28.7 Å². The number of carbonyl (C=O) groups excluding carboxylic acids is 1. The number of nitrogens with one attached hydrogen (secondary N) is 1. The smallest absolute Gasteiger partial charge is 0.444 e. The van der Waals surface area contributed by atoms with E-state index in [-0.39, 0.29) is 6.04 Å². The Hall–Kier alpha value is -1.62. The molecule has 0 aliphatic carbocycles. The number of likely N-dealkylation sites (tertiary alicyclic amines) is 1. The van der Waals surface area contributed by atoms with E-state index in [0.717, 1.165) is 17.3 Å². The molecule has 0 unspecified atom stereocenters. The van der Waals surface area contributed by atoms with Crippen LogP contribution in [0.1, 0.15) is 60.5 Å². The third-order valence-electron chi connectivity index (χ3n) is 6.46. The summed E-state index contributed by atoms with van der Waals surface area (Å²) in [5.74, 6) is 0. The van der Waals surface area contributed by atoms with Gasteiger partial charge in [0.25, 0.3) is 0 Å². The fourth-order valence-electron chi connectivity index (χ4n) is 4.15. The van der Waals surface area contributed by atoms with E-state index in [1.165, 1.54) is 0 Å². The third-order valence-corrected chi connectivity index (χ3v) is 7.19. The zero-order valence-electron chi connectivity index (χ0n) is 21.0. The van der Waals surface area contributed by atoms with Crippen LogP contribution in [-0.2, 0) is 30.5 Å². The number of sulfonamides is 1. The van der Waals surface area contributed by atoms with Gasteiger partial charge >= 0.3 is 13.2 Å². The van der Waals surface area contributed by atoms with E-state index in [2.05, 4.69) is 4.72 Å². The molecule has 1 N–H and O–H groups in total. The molecule has 1 amide bonds. The van der Waals surface area contributed by atoms with Crippen LogP contribution in [0.4, 0.5) is 4.79 Å². The topological polar surface area (TPSA) is 94.2 Å². The van der Waals surface area contributed by atoms with Crippen molar-refractivity contribution in [1.82, 2.24) is 9.62 Å². The van der Waals surface area contributed by atoms with Gasteiger partial charge in [0.2, 0.25) is 10.0 Å². The second-order valence-electron chi connectivity index (χ2n) is 11.1. The highest BCUT2D eigenvalue weighted by molar-refractivity contribution is 7.88. The molecular formula is C23H37BN2O6S. The highest BCUT2D eigenvalue weighted by Gasteiger charge is 2.51. The number of hydrogen-bond acceptors (Lipinski definition) is 6. The Balaban J connectivity index is 1.84. The highest BCUT2D eigenvalue weighted by Crippen LogP contribution is 2.36. The first-order valence-corrected chi connectivity index (χ1v) is 13.3. The van der Waals surface area contributed by atoms with Crippen molar-refractivity contribution in [2.24, 2.45) is 0 Å². The van der Waals surface area contributed by atoms with Crippen molar-refractivity contribution in [2.75, 3.05) is 12.8 Å². The van der Waals surface area contributed by atoms with Gasteiger partial charge in [0.05, 0.1) is 23.5 Å². The number of amides is 1. The normalized spacial score (nSPS) is 24.8. The molecule has 3 rings (SSSR count). The minimum absolute atomic E-state index is 0.372. The molecule has 2 heterocycles. The summed E-state index contributed by atoms with van der Waals surface area (Å²) in [7, 11) is -3.93. The van der Waals surface area contributed by atoms with Gasteiger partial charge in [-0.3, -0.25) is 0 Å². The average Bonchev–Trinajstić information content (AvgIpc) is 3.10. The maximum Gasteiger partial charge on any atom is 0.494 e. The zero-order valence-corrected chi connectivity index (χ0v) is 21.8. The monoisotopic (exact) mass is 480 g/mol. The molecule has 2 saturated heterocycles. The average molecular weight is 480 g/mol. The Morgan fingerprint density at radius 3 is 2.36 bits per heavy atom. The van der Waals surface area contributed by atoms with Crippen molar-refractivity contribution in [3.05, 3.63) is 29.8 Å². The maximum atomic E-state index is 12.9. The second kappa shape index (κ2) is 8.87. The van der Waals surface area contributed by atoms with Crippen LogP contribution < -0.4 is 10.2 Å². The fraction of sp³-hybridized carbons (Fsp3) is 0.696. The van der Waals surface area contributed by atoms with Crippen molar-refractivity contribution in [1.29, 1.82) is 0 Å². The lowest BCUT2D eigenvalue weighted by Gasteiger charge is -2.32. The molecule has 0 spiro atoms. The van der Waals surface area contributed by atoms with E-state index < -0.39 is 46.1 Å². The Bertz CT molecular complexity index is 973. The highest BCUT2D eigenvalue weighted by atomic mass is 32.2. The second-order valence-corrected chi connectivity index (χ2v) is 12.8. The largest absolute Gasteiger partial charge is 0.494 e. The molecule has 33 heavy (non-hydrogen) atoms. The van der Waals surface area contributed by atoms with E-state index in [9.17, 15) is 13.2 Å². The molecule has 2 fully saturated rings. The minimum atomic E-state index is -3.43. The number of ether oxygens (including phenoxy) is 1. The van der Waals surface area contributed by atoms with Crippen molar-refractivity contribution in [2.45, 2.75) is 90.2 Å². The first kappa shape index (κ1) is 26.0. The minimum Gasteiger partial charge on any atom is -0.444 e. The number of benzene rings is 1. The van der Waals surface area contributed by atoms with E-state index in [1.807, 2.05) is 72.7 Å². The van der Waals surface area contributed by atoms with Crippen LogP contribution in [-0.4, -0.2) is 68.2 Å². The molecule has 1 aromatic rings. The summed E-state index contributed by atoms with van der Waals surface area (Å²) >= 11 is 0. The molecule has 0 aromatic heterocycles. The van der Waals surface area contributed by atoms with Crippen LogP contribution in [0.5, 0.6) is 0 Å². The lowest BCUT2D eigenvalue weighted by molar-refractivity contribution is 0.00578. The maximum absolute atomic E-state index is 12.9. The van der Waals surface area contributed by atoms with Crippen LogP contribution in [0.25, 0.3) is 0 Å². The number of rotatable bonds is 5. The van der Waals surface area contributed by atoms with Crippen molar-refractivity contribution in [3.63, 3.8) is 0 Å². The molecule has 184 valence electrons. The molecule has 2 aliphatic heterocycles. The van der Waals surface area contributed by atoms with E-state index in [4.69, 9.17) is 14.0 Å². The Morgan fingerprint density at radius 2 is 1.82 bits per heavy atom. The molecule has 2 aliphatic rings. The summed E-state index contributed by atoms with van der Waals surface area (Å²) < 4.78 is 44.6. The van der Waals surface area contributed by atoms with E-state index in [0.29, 0.717) is 19.4 Å². The van der Waals surface area contributed by atoms with Gasteiger partial charge in [-0.1, -0.05) is 24.3 Å². The Morgan fingerprint density at radius 1 is 1.21 bits per heavy atom. The lowest BCUT2D eigenvalue weighted by atomic mass is 9.78. The summed E-state index contributed by atoms with van der Waals surface area (Å²) in [5, 5.41) is 0. The van der Waals surface area contributed by atoms with Gasteiger partial charge in [0.1, 0.15) is 5.60 Å². The molecule has 1 aromatic carbocycles. The quantitative estimate of drug-likeness (QED) is 0.651. The fourth-order valence-corrected chi connectivity index (χ4v) is 4.98. The van der Waals surface area contributed by atoms with E-state index in [1.54, 1.807) is 4.90 Å². The summed E-state index contributed by atoms with van der Waals surface area (Å²) in [4.78, 5) is 14.5. The van der Waals surface area contributed by atoms with Gasteiger partial charge in [-0.05, 0) is 72.3 Å². The predicted octanol–water partition coefficient (Wildman–Crippen LogP) is 2.46. The van der Waals surface area contributed by atoms with Crippen molar-refractivity contribution in [3.8, 4) is 0 Å². The van der Waals surface area contributed by atoms with Crippen LogP contribution >= 0.6 is 0 Å². The summed E-state index contributed by atoms with van der Waals surface area (Å²) in [6, 6.07) is 7.10. The van der Waals surface area contributed by atoms with E-state index >= 15 is 0 Å². The summed E-state index contributed by atoms with van der Waals surface area (Å²) in [6.07, 6.45) is 1.69. The Kier molecular flexibility index (Phi) is 6.99. The first-order valence-electron chi connectivity index (χ1n) is 11.4. The van der Waals surface area contributed by atoms with Gasteiger partial charge in [-0.15, -0.1) is 0 Å². The van der Waals surface area contributed by atoms with Crippen LogP contribution in [0.15, 0.2) is 24.3 Å². The molecule has 0 radical (unpaired) electrons. The zero-order chi connectivity index (χ0) is 24.8. The number of carbonyl (C=O) groups is 1. The number of nitrogens with zero attached hydrogens (tertiary/aromatic N) is 1. The summed E-state index contributed by atoms with van der Waals surface area (Å²) in [6.45, 7) is 13.9.